The van der Waals surface area contributed by atoms with Crippen LogP contribution in [0.4, 0.5) is 8.78 Å². The van der Waals surface area contributed by atoms with Gasteiger partial charge in [0.2, 0.25) is 0 Å². The van der Waals surface area contributed by atoms with E-state index in [4.69, 9.17) is 0 Å². The average Bonchev–Trinajstić information content (AvgIpc) is 3.07. The lowest BCUT2D eigenvalue weighted by Gasteiger charge is -2.13. The minimum absolute atomic E-state index is 0.0477. The Hall–Kier alpha value is -3.53. The van der Waals surface area contributed by atoms with Crippen LogP contribution in [-0.2, 0) is 6.54 Å². The number of carbonyl (C=O) groups is 1. The van der Waals surface area contributed by atoms with Crippen LogP contribution in [0.1, 0.15) is 42.4 Å². The van der Waals surface area contributed by atoms with Gasteiger partial charge in [-0.15, -0.1) is 13.2 Å². The quantitative estimate of drug-likeness (QED) is 0.230. The fraction of sp³-hybridized carbons (Fsp3) is 0.148. The van der Waals surface area contributed by atoms with Gasteiger partial charge >= 0.3 is 0 Å². The Bertz CT molecular complexity index is 1180. The molecule has 31 heavy (non-hydrogen) atoms. The van der Waals surface area contributed by atoms with Crippen molar-refractivity contribution in [3.8, 4) is 0 Å². The minimum Gasteiger partial charge on any atom is -0.333 e. The highest BCUT2D eigenvalue weighted by atomic mass is 19.1. The minimum atomic E-state index is -0.516. The summed E-state index contributed by atoms with van der Waals surface area (Å²) in [6.07, 6.45) is 5.72. The standard InChI is InChI=1S/C25H23F2NO.C2H4/c1-5-6-9-20(16(2)3)24-21-10-7-8-11-23(21)28(25(24)17(4)29)15-18-14-19(26)12-13-22(18)27;1-2/h5-14H,2,15H2,1,3-4H3;1-2H2/b6-5-,20-9+;. The van der Waals surface area contributed by atoms with E-state index < -0.39 is 11.6 Å². The molecule has 0 amide bonds. The third kappa shape index (κ3) is 4.97. The highest BCUT2D eigenvalue weighted by Gasteiger charge is 2.23. The first-order valence-electron chi connectivity index (χ1n) is 9.90. The zero-order chi connectivity index (χ0) is 23.1. The Morgan fingerprint density at radius 1 is 1.10 bits per heavy atom. The topological polar surface area (TPSA) is 22.0 Å². The zero-order valence-corrected chi connectivity index (χ0v) is 18.2. The molecular formula is C27H27F2NO. The second-order valence-electron chi connectivity index (χ2n) is 7.01. The molecule has 4 heteroatoms. The number of ketones is 1. The van der Waals surface area contributed by atoms with E-state index in [1.54, 1.807) is 4.57 Å². The van der Waals surface area contributed by atoms with Gasteiger partial charge in [0.1, 0.15) is 11.6 Å². The van der Waals surface area contributed by atoms with E-state index in [9.17, 15) is 13.6 Å². The highest BCUT2D eigenvalue weighted by molar-refractivity contribution is 6.09. The molecule has 0 saturated carbocycles. The predicted octanol–water partition coefficient (Wildman–Crippen LogP) is 7.51. The molecule has 2 nitrogen and oxygen atoms in total. The number of Topliss-reactive ketones (excluding diaryl/α,β-unsaturated/α-hetero) is 1. The predicted molar refractivity (Wildman–Crippen MR) is 126 cm³/mol. The number of aromatic nitrogens is 1. The molecule has 0 aliphatic heterocycles. The number of halogens is 2. The number of para-hydroxylation sites is 1. The van der Waals surface area contributed by atoms with Crippen LogP contribution in [0.3, 0.4) is 0 Å². The Morgan fingerprint density at radius 2 is 1.77 bits per heavy atom. The number of benzene rings is 2. The van der Waals surface area contributed by atoms with E-state index in [0.717, 1.165) is 39.7 Å². The van der Waals surface area contributed by atoms with Crippen LogP contribution in [0.5, 0.6) is 0 Å². The molecule has 0 bridgehead atoms. The van der Waals surface area contributed by atoms with Crippen molar-refractivity contribution in [2.75, 3.05) is 0 Å². The van der Waals surface area contributed by atoms with Crippen molar-refractivity contribution in [3.05, 3.63) is 114 Å². The van der Waals surface area contributed by atoms with Gasteiger partial charge in [-0.3, -0.25) is 4.79 Å². The average molecular weight is 420 g/mol. The molecule has 0 N–H and O–H groups in total. The first-order chi connectivity index (χ1) is 14.8. The van der Waals surface area contributed by atoms with Gasteiger partial charge in [-0.1, -0.05) is 48.6 Å². The third-order valence-electron chi connectivity index (χ3n) is 4.83. The molecule has 0 aliphatic carbocycles. The number of fused-ring (bicyclic) bond motifs is 1. The van der Waals surface area contributed by atoms with Crippen LogP contribution >= 0.6 is 0 Å². The summed E-state index contributed by atoms with van der Waals surface area (Å²) in [5.41, 5.74) is 3.83. The number of allylic oxidation sites excluding steroid dienone is 5. The molecule has 1 aromatic heterocycles. The molecule has 3 rings (SSSR count). The van der Waals surface area contributed by atoms with Crippen LogP contribution in [-0.4, -0.2) is 10.4 Å². The monoisotopic (exact) mass is 419 g/mol. The number of hydrogen-bond donors (Lipinski definition) is 0. The first kappa shape index (κ1) is 23.7. The summed E-state index contributed by atoms with van der Waals surface area (Å²) in [7, 11) is 0. The maximum Gasteiger partial charge on any atom is 0.176 e. The van der Waals surface area contributed by atoms with Gasteiger partial charge in [0.05, 0.1) is 12.2 Å². The van der Waals surface area contributed by atoms with Crippen LogP contribution < -0.4 is 0 Å². The van der Waals surface area contributed by atoms with E-state index in [2.05, 4.69) is 19.7 Å². The normalized spacial score (nSPS) is 11.5. The van der Waals surface area contributed by atoms with Gasteiger partial charge in [0.25, 0.3) is 0 Å². The lowest BCUT2D eigenvalue weighted by Crippen LogP contribution is -2.11. The molecular weight excluding hydrogens is 392 g/mol. The Balaban J connectivity index is 0.00000166. The van der Waals surface area contributed by atoms with Crippen molar-refractivity contribution in [1.82, 2.24) is 4.57 Å². The number of carbonyl (C=O) groups excluding carboxylic acids is 1. The summed E-state index contributed by atoms with van der Waals surface area (Å²) in [4.78, 5) is 12.7. The molecule has 0 unspecified atom stereocenters. The van der Waals surface area contributed by atoms with E-state index in [0.29, 0.717) is 5.69 Å². The fourth-order valence-corrected chi connectivity index (χ4v) is 3.57. The number of rotatable bonds is 6. The zero-order valence-electron chi connectivity index (χ0n) is 18.2. The second kappa shape index (κ2) is 10.5. The maximum atomic E-state index is 14.3. The molecule has 3 aromatic rings. The van der Waals surface area contributed by atoms with Crippen LogP contribution in [0.25, 0.3) is 16.5 Å². The molecule has 1 heterocycles. The summed E-state index contributed by atoms with van der Waals surface area (Å²) >= 11 is 0. The molecule has 0 saturated heterocycles. The molecule has 2 aromatic carbocycles. The fourth-order valence-electron chi connectivity index (χ4n) is 3.57. The Labute approximate surface area is 182 Å². The summed E-state index contributed by atoms with van der Waals surface area (Å²) in [5, 5.41) is 0.869. The summed E-state index contributed by atoms with van der Waals surface area (Å²) < 4.78 is 29.8. The third-order valence-corrected chi connectivity index (χ3v) is 4.83. The lowest BCUT2D eigenvalue weighted by atomic mass is 9.95. The van der Waals surface area contributed by atoms with Crippen molar-refractivity contribution < 1.29 is 13.6 Å². The highest BCUT2D eigenvalue weighted by Crippen LogP contribution is 2.36. The van der Waals surface area contributed by atoms with E-state index in [-0.39, 0.29) is 17.9 Å². The molecule has 0 atom stereocenters. The number of nitrogens with zero attached hydrogens (tertiary/aromatic N) is 1. The van der Waals surface area contributed by atoms with E-state index in [1.165, 1.54) is 13.0 Å². The largest absolute Gasteiger partial charge is 0.333 e. The van der Waals surface area contributed by atoms with Gasteiger partial charge < -0.3 is 4.57 Å². The number of hydrogen-bond acceptors (Lipinski definition) is 1. The van der Waals surface area contributed by atoms with E-state index >= 15 is 0 Å². The molecule has 0 fully saturated rings. The van der Waals surface area contributed by atoms with Crippen LogP contribution in [0.15, 0.2) is 86.0 Å². The van der Waals surface area contributed by atoms with Gasteiger partial charge in [0.15, 0.2) is 5.78 Å². The van der Waals surface area contributed by atoms with Crippen molar-refractivity contribution in [2.45, 2.75) is 27.3 Å². The second-order valence-corrected chi connectivity index (χ2v) is 7.01. The van der Waals surface area contributed by atoms with Crippen molar-refractivity contribution in [2.24, 2.45) is 0 Å². The van der Waals surface area contributed by atoms with Gasteiger partial charge in [-0.25, -0.2) is 8.78 Å². The van der Waals surface area contributed by atoms with Crippen LogP contribution in [0, 0.1) is 11.6 Å². The smallest absolute Gasteiger partial charge is 0.176 e. The maximum absolute atomic E-state index is 14.3. The van der Waals surface area contributed by atoms with Gasteiger partial charge in [0, 0.05) is 29.0 Å². The van der Waals surface area contributed by atoms with Crippen molar-refractivity contribution in [1.29, 1.82) is 0 Å². The van der Waals surface area contributed by atoms with Gasteiger partial charge in [-0.05, 0) is 43.7 Å². The van der Waals surface area contributed by atoms with Crippen molar-refractivity contribution >= 4 is 22.3 Å². The first-order valence-corrected chi connectivity index (χ1v) is 9.90. The van der Waals surface area contributed by atoms with Gasteiger partial charge in [-0.2, -0.15) is 0 Å². The summed E-state index contributed by atoms with van der Waals surface area (Å²) in [6.45, 7) is 15.4. The molecule has 0 aliphatic rings. The summed E-state index contributed by atoms with van der Waals surface area (Å²) in [5.74, 6) is -1.18. The summed E-state index contributed by atoms with van der Waals surface area (Å²) in [6, 6.07) is 10.9. The SMILES string of the molecule is C=C.C=C(C)/C(=C\C=C/C)c1c(C(C)=O)n(Cc2cc(F)ccc2F)c2ccccc12. The van der Waals surface area contributed by atoms with Crippen molar-refractivity contribution in [3.63, 3.8) is 0 Å². The molecule has 160 valence electrons. The molecule has 0 radical (unpaired) electrons. The van der Waals surface area contributed by atoms with E-state index in [1.807, 2.05) is 56.3 Å². The Morgan fingerprint density at radius 3 is 2.39 bits per heavy atom. The Kier molecular flexibility index (Phi) is 8.03. The lowest BCUT2D eigenvalue weighted by molar-refractivity contribution is 0.100. The molecule has 0 spiro atoms. The van der Waals surface area contributed by atoms with Crippen LogP contribution in [0.2, 0.25) is 0 Å².